The van der Waals surface area contributed by atoms with E-state index >= 15 is 0 Å². The van der Waals surface area contributed by atoms with Crippen molar-refractivity contribution in [3.63, 3.8) is 0 Å². The van der Waals surface area contributed by atoms with Gasteiger partial charge in [0.05, 0.1) is 24.5 Å². The van der Waals surface area contributed by atoms with Crippen molar-refractivity contribution in [2.24, 2.45) is 0 Å². The zero-order chi connectivity index (χ0) is 18.9. The first-order valence-electron chi connectivity index (χ1n) is 8.89. The fourth-order valence-corrected chi connectivity index (χ4v) is 3.15. The highest BCUT2D eigenvalue weighted by Crippen LogP contribution is 2.23. The Bertz CT molecular complexity index is 701. The molecule has 0 heterocycles. The van der Waals surface area contributed by atoms with E-state index in [0.29, 0.717) is 12.4 Å². The average molecular weight is 374 g/mol. The molecule has 0 fully saturated rings. The molecule has 5 heteroatoms. The van der Waals surface area contributed by atoms with E-state index in [1.807, 2.05) is 76.2 Å². The Hall–Kier alpha value is -2.14. The summed E-state index contributed by atoms with van der Waals surface area (Å²) in [6.07, 6.45) is 0.126. The largest absolute Gasteiger partial charge is 0.494 e. The molecule has 0 saturated carbocycles. The van der Waals surface area contributed by atoms with Gasteiger partial charge in [0, 0.05) is 4.90 Å². The van der Waals surface area contributed by atoms with Crippen LogP contribution in [-0.2, 0) is 4.79 Å². The van der Waals surface area contributed by atoms with Crippen LogP contribution in [0.15, 0.2) is 53.4 Å². The topological polar surface area (TPSA) is 47.6 Å². The van der Waals surface area contributed by atoms with E-state index in [4.69, 9.17) is 9.47 Å². The number of thioether (sulfide) groups is 1. The number of benzene rings is 2. The Labute approximate surface area is 160 Å². The van der Waals surface area contributed by atoms with E-state index < -0.39 is 0 Å². The summed E-state index contributed by atoms with van der Waals surface area (Å²) in [5.41, 5.74) is 1.03. The van der Waals surface area contributed by atoms with Crippen molar-refractivity contribution < 1.29 is 14.3 Å². The van der Waals surface area contributed by atoms with Crippen LogP contribution in [0.25, 0.3) is 0 Å². The maximum absolute atomic E-state index is 12.2. The number of carbonyl (C=O) groups is 1. The number of carbonyl (C=O) groups excluding carboxylic acids is 1. The highest BCUT2D eigenvalue weighted by molar-refractivity contribution is 8.00. The van der Waals surface area contributed by atoms with Crippen LogP contribution in [0.3, 0.4) is 0 Å². The van der Waals surface area contributed by atoms with Gasteiger partial charge in [0.1, 0.15) is 11.5 Å². The van der Waals surface area contributed by atoms with Gasteiger partial charge in [0.15, 0.2) is 0 Å². The molecule has 0 aromatic heterocycles. The van der Waals surface area contributed by atoms with E-state index in [1.54, 1.807) is 0 Å². The highest BCUT2D eigenvalue weighted by atomic mass is 32.2. The Morgan fingerprint density at radius 3 is 2.46 bits per heavy atom. The van der Waals surface area contributed by atoms with Gasteiger partial charge in [0.25, 0.3) is 0 Å². The second-order valence-corrected chi connectivity index (χ2v) is 7.27. The summed E-state index contributed by atoms with van der Waals surface area (Å²) in [4.78, 5) is 13.3. The molecule has 0 bridgehead atoms. The van der Waals surface area contributed by atoms with Gasteiger partial charge >= 0.3 is 0 Å². The maximum atomic E-state index is 12.2. The fourth-order valence-electron chi connectivity index (χ4n) is 2.44. The minimum absolute atomic E-state index is 0.00608. The molecule has 0 aliphatic carbocycles. The van der Waals surface area contributed by atoms with Crippen molar-refractivity contribution in [2.45, 2.75) is 44.7 Å². The standard InChI is InChI=1S/C21H27NO3S/c1-5-24-18-9-11-20(12-10-18)26-14-21(23)22-16(4)17-7-6-8-19(13-17)25-15(2)3/h6-13,15-16H,5,14H2,1-4H3,(H,22,23). The minimum atomic E-state index is -0.0702. The number of amides is 1. The Morgan fingerprint density at radius 2 is 1.81 bits per heavy atom. The third kappa shape index (κ3) is 6.64. The SMILES string of the molecule is CCOc1ccc(SCC(=O)NC(C)c2cccc(OC(C)C)c2)cc1. The number of rotatable bonds is 9. The summed E-state index contributed by atoms with van der Waals surface area (Å²) in [5, 5.41) is 3.04. The quantitative estimate of drug-likeness (QED) is 0.639. The Morgan fingerprint density at radius 1 is 1.08 bits per heavy atom. The summed E-state index contributed by atoms with van der Waals surface area (Å²) in [6.45, 7) is 8.58. The molecule has 0 radical (unpaired) electrons. The van der Waals surface area contributed by atoms with Gasteiger partial charge in [-0.2, -0.15) is 0 Å². The molecular formula is C21H27NO3S. The van der Waals surface area contributed by atoms with E-state index in [-0.39, 0.29) is 18.1 Å². The van der Waals surface area contributed by atoms with Crippen LogP contribution in [0, 0.1) is 0 Å². The van der Waals surface area contributed by atoms with Crippen LogP contribution in [-0.4, -0.2) is 24.4 Å². The first-order valence-corrected chi connectivity index (χ1v) is 9.88. The molecule has 4 nitrogen and oxygen atoms in total. The third-order valence-electron chi connectivity index (χ3n) is 3.61. The molecule has 140 valence electrons. The normalized spacial score (nSPS) is 11.9. The van der Waals surface area contributed by atoms with Gasteiger partial charge in [-0.05, 0) is 69.7 Å². The molecule has 2 rings (SSSR count). The van der Waals surface area contributed by atoms with Crippen LogP contribution in [0.2, 0.25) is 0 Å². The Kier molecular flexibility index (Phi) is 7.85. The first-order chi connectivity index (χ1) is 12.5. The lowest BCUT2D eigenvalue weighted by Gasteiger charge is -2.16. The second-order valence-electron chi connectivity index (χ2n) is 6.22. The van der Waals surface area contributed by atoms with E-state index in [2.05, 4.69) is 5.32 Å². The summed E-state index contributed by atoms with van der Waals surface area (Å²) in [7, 11) is 0. The smallest absolute Gasteiger partial charge is 0.230 e. The molecule has 0 aliphatic rings. The first kappa shape index (κ1) is 20.2. The summed E-state index contributed by atoms with van der Waals surface area (Å²) >= 11 is 1.51. The minimum Gasteiger partial charge on any atom is -0.494 e. The van der Waals surface area contributed by atoms with Crippen molar-refractivity contribution in [1.29, 1.82) is 0 Å². The van der Waals surface area contributed by atoms with Gasteiger partial charge < -0.3 is 14.8 Å². The molecule has 26 heavy (non-hydrogen) atoms. The lowest BCUT2D eigenvalue weighted by Crippen LogP contribution is -2.28. The van der Waals surface area contributed by atoms with E-state index in [0.717, 1.165) is 22.0 Å². The average Bonchev–Trinajstić information content (AvgIpc) is 2.61. The van der Waals surface area contributed by atoms with Gasteiger partial charge in [-0.15, -0.1) is 11.8 Å². The predicted octanol–water partition coefficient (Wildman–Crippen LogP) is 4.84. The maximum Gasteiger partial charge on any atom is 0.230 e. The van der Waals surface area contributed by atoms with Crippen molar-refractivity contribution in [2.75, 3.05) is 12.4 Å². The van der Waals surface area contributed by atoms with Crippen molar-refractivity contribution in [3.8, 4) is 11.5 Å². The van der Waals surface area contributed by atoms with Gasteiger partial charge in [-0.25, -0.2) is 0 Å². The molecular weight excluding hydrogens is 346 g/mol. The molecule has 0 saturated heterocycles. The van der Waals surface area contributed by atoms with Gasteiger partial charge in [-0.3, -0.25) is 4.79 Å². The highest BCUT2D eigenvalue weighted by Gasteiger charge is 2.11. The summed E-state index contributed by atoms with van der Waals surface area (Å²) < 4.78 is 11.1. The monoisotopic (exact) mass is 373 g/mol. The summed E-state index contributed by atoms with van der Waals surface area (Å²) in [5.74, 6) is 2.05. The number of nitrogens with one attached hydrogen (secondary N) is 1. The van der Waals surface area contributed by atoms with Crippen LogP contribution in [0.1, 0.15) is 39.3 Å². The van der Waals surface area contributed by atoms with Crippen LogP contribution >= 0.6 is 11.8 Å². The predicted molar refractivity (Wildman–Crippen MR) is 107 cm³/mol. The van der Waals surface area contributed by atoms with Crippen LogP contribution < -0.4 is 14.8 Å². The van der Waals surface area contributed by atoms with Gasteiger partial charge in [-0.1, -0.05) is 12.1 Å². The molecule has 2 aromatic carbocycles. The molecule has 2 aromatic rings. The lowest BCUT2D eigenvalue weighted by atomic mass is 10.1. The molecule has 1 unspecified atom stereocenters. The summed E-state index contributed by atoms with van der Waals surface area (Å²) in [6, 6.07) is 15.6. The van der Waals surface area contributed by atoms with Crippen molar-refractivity contribution in [1.82, 2.24) is 5.32 Å². The number of hydrogen-bond donors (Lipinski definition) is 1. The van der Waals surface area contributed by atoms with Crippen LogP contribution in [0.5, 0.6) is 11.5 Å². The number of ether oxygens (including phenoxy) is 2. The fraction of sp³-hybridized carbons (Fsp3) is 0.381. The van der Waals surface area contributed by atoms with Crippen LogP contribution in [0.4, 0.5) is 0 Å². The second kappa shape index (κ2) is 10.1. The zero-order valence-corrected chi connectivity index (χ0v) is 16.6. The zero-order valence-electron chi connectivity index (χ0n) is 15.8. The van der Waals surface area contributed by atoms with E-state index in [1.165, 1.54) is 11.8 Å². The van der Waals surface area contributed by atoms with E-state index in [9.17, 15) is 4.79 Å². The molecule has 0 spiro atoms. The van der Waals surface area contributed by atoms with Gasteiger partial charge in [0.2, 0.25) is 5.91 Å². The van der Waals surface area contributed by atoms with Crippen molar-refractivity contribution >= 4 is 17.7 Å². The molecule has 0 aliphatic heterocycles. The lowest BCUT2D eigenvalue weighted by molar-refractivity contribution is -0.119. The molecule has 1 atom stereocenters. The molecule has 1 amide bonds. The van der Waals surface area contributed by atoms with Crippen molar-refractivity contribution in [3.05, 3.63) is 54.1 Å². The Balaban J connectivity index is 1.85. The number of hydrogen-bond acceptors (Lipinski definition) is 4. The third-order valence-corrected chi connectivity index (χ3v) is 4.62. The molecule has 1 N–H and O–H groups in total.